The van der Waals surface area contributed by atoms with Gasteiger partial charge in [0.1, 0.15) is 23.4 Å². The molecule has 2 unspecified atom stereocenters. The van der Waals surface area contributed by atoms with Gasteiger partial charge >= 0.3 is 0 Å². The number of unbranched alkanes of at least 4 members (excludes halogenated alkanes) is 2. The Morgan fingerprint density at radius 2 is 2.14 bits per heavy atom. The Bertz CT molecular complexity index is 884. The maximum Gasteiger partial charge on any atom is 0.159 e. The number of H-pyrrole nitrogens is 1. The van der Waals surface area contributed by atoms with E-state index < -0.39 is 0 Å². The highest BCUT2D eigenvalue weighted by molar-refractivity contribution is 5.74. The predicted octanol–water partition coefficient (Wildman–Crippen LogP) is 5.52. The van der Waals surface area contributed by atoms with Gasteiger partial charge in [-0.25, -0.2) is 4.98 Å². The number of fused-ring (bicyclic) bond motifs is 3. The Morgan fingerprint density at radius 3 is 2.86 bits per heavy atom. The van der Waals surface area contributed by atoms with Crippen molar-refractivity contribution in [2.24, 2.45) is 5.92 Å². The Hall–Kier alpha value is -2.30. The molecule has 1 aromatic carbocycles. The summed E-state index contributed by atoms with van der Waals surface area (Å²) in [5.74, 6) is 2.27. The van der Waals surface area contributed by atoms with Crippen LogP contribution >= 0.6 is 0 Å². The van der Waals surface area contributed by atoms with E-state index in [2.05, 4.69) is 55.0 Å². The second-order valence-electron chi connectivity index (χ2n) is 8.85. The van der Waals surface area contributed by atoms with E-state index in [0.29, 0.717) is 17.5 Å². The third-order valence-electron chi connectivity index (χ3n) is 6.43. The van der Waals surface area contributed by atoms with E-state index in [1.807, 2.05) is 0 Å². The third-order valence-corrected chi connectivity index (χ3v) is 6.43. The lowest BCUT2D eigenvalue weighted by atomic mass is 9.67. The van der Waals surface area contributed by atoms with Crippen molar-refractivity contribution in [3.05, 3.63) is 35.2 Å². The van der Waals surface area contributed by atoms with Gasteiger partial charge in [-0.2, -0.15) is 5.10 Å². The number of aromatic amines is 1. The summed E-state index contributed by atoms with van der Waals surface area (Å²) in [6.07, 6.45) is 10.3. The van der Waals surface area contributed by atoms with Crippen molar-refractivity contribution in [3.63, 3.8) is 0 Å². The van der Waals surface area contributed by atoms with Crippen molar-refractivity contribution in [3.8, 4) is 22.9 Å². The Labute approximate surface area is 167 Å². The van der Waals surface area contributed by atoms with Crippen LogP contribution in [0.1, 0.15) is 76.8 Å². The smallest absolute Gasteiger partial charge is 0.159 e. The second kappa shape index (κ2) is 7.26. The molecule has 1 aromatic heterocycles. The fraction of sp³-hybridized carbons (Fsp3) is 0.565. The Kier molecular flexibility index (Phi) is 4.94. The zero-order valence-electron chi connectivity index (χ0n) is 17.4. The lowest BCUT2D eigenvalue weighted by molar-refractivity contribution is 0.0108. The lowest BCUT2D eigenvalue weighted by Gasteiger charge is -2.46. The number of nitrogens with one attached hydrogen (secondary N) is 1. The second-order valence-corrected chi connectivity index (χ2v) is 8.85. The summed E-state index contributed by atoms with van der Waals surface area (Å²) in [5.41, 5.74) is 3.90. The third kappa shape index (κ3) is 3.21. The highest BCUT2D eigenvalue weighted by Gasteiger charge is 2.46. The van der Waals surface area contributed by atoms with Crippen molar-refractivity contribution in [2.75, 3.05) is 0 Å². The lowest BCUT2D eigenvalue weighted by Crippen LogP contribution is -2.45. The Morgan fingerprint density at radius 1 is 1.32 bits per heavy atom. The first kappa shape index (κ1) is 19.0. The average molecular weight is 382 g/mol. The van der Waals surface area contributed by atoms with Gasteiger partial charge in [-0.1, -0.05) is 31.4 Å². The fourth-order valence-electron chi connectivity index (χ4n) is 4.96. The molecule has 5 heteroatoms. The molecule has 5 nitrogen and oxygen atoms in total. The highest BCUT2D eigenvalue weighted by atomic mass is 16.5. The molecule has 2 aliphatic rings. The normalized spacial score (nSPS) is 22.8. The molecule has 1 aliphatic carbocycles. The van der Waals surface area contributed by atoms with E-state index in [-0.39, 0.29) is 11.5 Å². The molecule has 150 valence electrons. The van der Waals surface area contributed by atoms with Gasteiger partial charge < -0.3 is 9.84 Å². The highest BCUT2D eigenvalue weighted by Crippen LogP contribution is 2.55. The number of ether oxygens (including phenoxy) is 1. The molecular weight excluding hydrogens is 350 g/mol. The molecule has 0 spiro atoms. The number of allylic oxidation sites excluding steroid dienone is 2. The van der Waals surface area contributed by atoms with E-state index in [1.54, 1.807) is 0 Å². The summed E-state index contributed by atoms with van der Waals surface area (Å²) < 4.78 is 6.49. The first-order valence-corrected chi connectivity index (χ1v) is 10.5. The summed E-state index contributed by atoms with van der Waals surface area (Å²) in [6.45, 7) is 8.75. The molecule has 4 rings (SSSR count). The number of aryl methyl sites for hydroxylation is 1. The average Bonchev–Trinajstić information content (AvgIpc) is 3.15. The van der Waals surface area contributed by atoms with Crippen LogP contribution < -0.4 is 4.74 Å². The van der Waals surface area contributed by atoms with E-state index >= 15 is 0 Å². The number of nitrogens with zero attached hydrogens (tertiary/aromatic N) is 2. The van der Waals surface area contributed by atoms with Crippen LogP contribution in [0.25, 0.3) is 11.4 Å². The molecule has 0 bridgehead atoms. The van der Waals surface area contributed by atoms with Crippen LogP contribution in [0.5, 0.6) is 11.5 Å². The minimum atomic E-state index is -0.254. The molecule has 0 amide bonds. The largest absolute Gasteiger partial charge is 0.507 e. The number of phenolic OH excluding ortho intramolecular Hbond substituents is 1. The zero-order chi connectivity index (χ0) is 19.9. The molecular formula is C23H31N3O2. The van der Waals surface area contributed by atoms with E-state index in [4.69, 9.17) is 4.74 Å². The van der Waals surface area contributed by atoms with Gasteiger partial charge in [-0.3, -0.25) is 5.10 Å². The minimum Gasteiger partial charge on any atom is -0.507 e. The van der Waals surface area contributed by atoms with Crippen molar-refractivity contribution in [1.82, 2.24) is 15.2 Å². The quantitative estimate of drug-likeness (QED) is 0.528. The summed E-state index contributed by atoms with van der Waals surface area (Å²) in [5, 5.41) is 18.4. The maximum atomic E-state index is 11.4. The fourth-order valence-corrected chi connectivity index (χ4v) is 4.96. The van der Waals surface area contributed by atoms with Crippen molar-refractivity contribution < 1.29 is 9.84 Å². The van der Waals surface area contributed by atoms with Gasteiger partial charge in [0.25, 0.3) is 0 Å². The SMILES string of the molecule is CCCCCc1cc2c(c(O)c1-c1ncn[nH]1)C1C=C(C)CCC1C(C)(C)O2. The van der Waals surface area contributed by atoms with Crippen molar-refractivity contribution >= 4 is 0 Å². The monoisotopic (exact) mass is 381 g/mol. The number of benzene rings is 1. The molecule has 2 aromatic rings. The Balaban J connectivity index is 1.89. The van der Waals surface area contributed by atoms with Gasteiger partial charge in [-0.15, -0.1) is 0 Å². The molecule has 2 atom stereocenters. The van der Waals surface area contributed by atoms with Crippen LogP contribution in [0.3, 0.4) is 0 Å². The van der Waals surface area contributed by atoms with E-state index in [0.717, 1.165) is 61.0 Å². The van der Waals surface area contributed by atoms with Gasteiger partial charge in [-0.05, 0) is 58.1 Å². The first-order valence-electron chi connectivity index (χ1n) is 10.5. The topological polar surface area (TPSA) is 71.0 Å². The first-order chi connectivity index (χ1) is 13.4. The van der Waals surface area contributed by atoms with Gasteiger partial charge in [0, 0.05) is 17.4 Å². The van der Waals surface area contributed by atoms with Crippen molar-refractivity contribution in [1.29, 1.82) is 0 Å². The molecule has 2 N–H and O–H groups in total. The van der Waals surface area contributed by atoms with Crippen LogP contribution in [0, 0.1) is 5.92 Å². The summed E-state index contributed by atoms with van der Waals surface area (Å²) in [4.78, 5) is 4.35. The van der Waals surface area contributed by atoms with Crippen LogP contribution in [0.15, 0.2) is 24.0 Å². The molecule has 1 aliphatic heterocycles. The number of hydrogen-bond donors (Lipinski definition) is 2. The molecule has 0 radical (unpaired) electrons. The summed E-state index contributed by atoms with van der Waals surface area (Å²) in [6, 6.07) is 2.14. The summed E-state index contributed by atoms with van der Waals surface area (Å²) >= 11 is 0. The predicted molar refractivity (Wildman–Crippen MR) is 111 cm³/mol. The number of aromatic hydroxyl groups is 1. The number of rotatable bonds is 5. The van der Waals surface area contributed by atoms with Crippen molar-refractivity contribution in [2.45, 2.75) is 77.7 Å². The molecule has 0 fully saturated rings. The van der Waals surface area contributed by atoms with Gasteiger partial charge in [0.15, 0.2) is 5.82 Å². The van der Waals surface area contributed by atoms with Crippen LogP contribution in [0.2, 0.25) is 0 Å². The van der Waals surface area contributed by atoms with E-state index in [1.165, 1.54) is 11.9 Å². The summed E-state index contributed by atoms with van der Waals surface area (Å²) in [7, 11) is 0. The number of aromatic nitrogens is 3. The van der Waals surface area contributed by atoms with Crippen LogP contribution in [-0.2, 0) is 6.42 Å². The standard InChI is InChI=1S/C23H31N3O2/c1-5-6-7-8-15-12-18-20(21(27)19(15)22-24-13-25-26-22)16-11-14(2)9-10-17(16)23(3,4)28-18/h11-13,16-17,27H,5-10H2,1-4H3,(H,24,25,26). The maximum absolute atomic E-state index is 11.4. The molecule has 28 heavy (non-hydrogen) atoms. The molecule has 2 heterocycles. The zero-order valence-corrected chi connectivity index (χ0v) is 17.4. The van der Waals surface area contributed by atoms with Crippen LogP contribution in [0.4, 0.5) is 0 Å². The number of hydrogen-bond acceptors (Lipinski definition) is 4. The van der Waals surface area contributed by atoms with E-state index in [9.17, 15) is 5.11 Å². The minimum absolute atomic E-state index is 0.166. The van der Waals surface area contributed by atoms with Crippen LogP contribution in [-0.4, -0.2) is 25.9 Å². The van der Waals surface area contributed by atoms with Gasteiger partial charge in [0.05, 0.1) is 5.56 Å². The van der Waals surface area contributed by atoms with Gasteiger partial charge in [0.2, 0.25) is 0 Å². The molecule has 0 saturated heterocycles. The molecule has 0 saturated carbocycles. The number of phenols is 1.